The van der Waals surface area contributed by atoms with Crippen LogP contribution in [-0.2, 0) is 0 Å². The van der Waals surface area contributed by atoms with Crippen LogP contribution in [0.25, 0.3) is 16.9 Å². The van der Waals surface area contributed by atoms with E-state index in [4.69, 9.17) is 39.9 Å². The fraction of sp³-hybridized carbons (Fsp3) is 0.543. The number of nitrogens with one attached hydrogen (secondary N) is 1. The molecule has 3 aromatic rings. The summed E-state index contributed by atoms with van der Waals surface area (Å²) in [4.78, 5) is 13.3. The van der Waals surface area contributed by atoms with Crippen LogP contribution in [0.2, 0.25) is 15.1 Å². The van der Waals surface area contributed by atoms with Crippen molar-refractivity contribution in [3.63, 3.8) is 0 Å². The number of carbonyl (C=O) groups is 1. The molecule has 7 heteroatoms. The summed E-state index contributed by atoms with van der Waals surface area (Å²) in [6.45, 7) is 2.58. The Morgan fingerprint density at radius 3 is 2.10 bits per heavy atom. The minimum atomic E-state index is -0.165. The maximum atomic E-state index is 13.3. The summed E-state index contributed by atoms with van der Waals surface area (Å²) in [6.07, 6.45) is 18.1. The first kappa shape index (κ1) is 30.0. The summed E-state index contributed by atoms with van der Waals surface area (Å²) < 4.78 is 1.73. The van der Waals surface area contributed by atoms with Crippen molar-refractivity contribution < 1.29 is 4.79 Å². The van der Waals surface area contributed by atoms with E-state index in [0.717, 1.165) is 52.8 Å². The van der Waals surface area contributed by atoms with Gasteiger partial charge in [0, 0.05) is 27.7 Å². The summed E-state index contributed by atoms with van der Waals surface area (Å²) >= 11 is 18.9. The molecule has 224 valence electrons. The van der Waals surface area contributed by atoms with Gasteiger partial charge in [0.05, 0.1) is 16.4 Å². The predicted molar refractivity (Wildman–Crippen MR) is 174 cm³/mol. The zero-order chi connectivity index (χ0) is 29.3. The van der Waals surface area contributed by atoms with Gasteiger partial charge < -0.3 is 5.32 Å². The number of aromatic nitrogens is 2. The smallest absolute Gasteiger partial charge is 0.272 e. The molecule has 7 rings (SSSR count). The van der Waals surface area contributed by atoms with Gasteiger partial charge in [0.15, 0.2) is 5.69 Å². The molecule has 2 aromatic carbocycles. The fourth-order valence-electron chi connectivity index (χ4n) is 8.70. The van der Waals surface area contributed by atoms with Gasteiger partial charge in [0.2, 0.25) is 0 Å². The highest BCUT2D eigenvalue weighted by Gasteiger charge is 2.50. The van der Waals surface area contributed by atoms with E-state index in [9.17, 15) is 4.79 Å². The van der Waals surface area contributed by atoms with E-state index in [2.05, 4.69) is 5.32 Å². The molecule has 4 nitrogen and oxygen atoms in total. The first-order chi connectivity index (χ1) is 20.3. The van der Waals surface area contributed by atoms with Crippen LogP contribution in [0, 0.1) is 30.1 Å². The molecule has 0 atom stereocenters. The minimum absolute atomic E-state index is 0.165. The number of benzene rings is 2. The Kier molecular flexibility index (Phi) is 9.24. The van der Waals surface area contributed by atoms with Gasteiger partial charge in [-0.05, 0) is 112 Å². The molecule has 4 bridgehead atoms. The quantitative estimate of drug-likeness (QED) is 0.203. The van der Waals surface area contributed by atoms with Crippen LogP contribution in [0.3, 0.4) is 0 Å². The standard InChI is InChI=1S/C35H42Cl3N3O/c1-23-32(40-41(31-13-12-29(37)19-30(31)38)33(23)27-8-10-28(36)11-9-27)34(42)39-15-7-5-3-2-4-6-14-35-20-24-16-25(21-35)18-26(17-24)22-35/h8-13,19,24-26H,2-7,14-18,20-22H2,1H3,(H,39,42). The monoisotopic (exact) mass is 625 g/mol. The highest BCUT2D eigenvalue weighted by molar-refractivity contribution is 6.35. The topological polar surface area (TPSA) is 46.9 Å². The van der Waals surface area contributed by atoms with Crippen LogP contribution in [0.15, 0.2) is 42.5 Å². The second kappa shape index (κ2) is 12.9. The molecule has 4 fully saturated rings. The fourth-order valence-corrected chi connectivity index (χ4v) is 9.31. The number of nitrogens with zero attached hydrogens (tertiary/aromatic N) is 2. The molecule has 0 spiro atoms. The predicted octanol–water partition coefficient (Wildman–Crippen LogP) is 10.5. The highest BCUT2D eigenvalue weighted by atomic mass is 35.5. The van der Waals surface area contributed by atoms with E-state index in [1.165, 1.54) is 70.6 Å². The van der Waals surface area contributed by atoms with Gasteiger partial charge in [-0.15, -0.1) is 0 Å². The third kappa shape index (κ3) is 6.56. The normalized spacial score (nSPS) is 24.3. The van der Waals surface area contributed by atoms with Crippen molar-refractivity contribution in [3.05, 3.63) is 68.8 Å². The van der Waals surface area contributed by atoms with Gasteiger partial charge in [0.1, 0.15) is 0 Å². The van der Waals surface area contributed by atoms with Crippen LogP contribution in [-0.4, -0.2) is 22.2 Å². The Labute approximate surface area is 265 Å². The molecule has 0 aliphatic heterocycles. The van der Waals surface area contributed by atoms with E-state index < -0.39 is 0 Å². The number of carbonyl (C=O) groups excluding carboxylic acids is 1. The molecule has 4 aliphatic carbocycles. The molecule has 1 N–H and O–H groups in total. The molecule has 4 aliphatic rings. The van der Waals surface area contributed by atoms with Crippen molar-refractivity contribution in [1.29, 1.82) is 0 Å². The van der Waals surface area contributed by atoms with E-state index in [-0.39, 0.29) is 5.91 Å². The zero-order valence-corrected chi connectivity index (χ0v) is 26.9. The first-order valence-electron chi connectivity index (χ1n) is 15.9. The molecule has 1 heterocycles. The second-order valence-electron chi connectivity index (χ2n) is 13.4. The number of hydrogen-bond acceptors (Lipinski definition) is 2. The summed E-state index contributed by atoms with van der Waals surface area (Å²) in [7, 11) is 0. The van der Waals surface area contributed by atoms with Gasteiger partial charge in [-0.1, -0.05) is 79.0 Å². The summed E-state index contributed by atoms with van der Waals surface area (Å²) in [5.74, 6) is 3.01. The van der Waals surface area contributed by atoms with Crippen molar-refractivity contribution in [2.75, 3.05) is 6.54 Å². The highest BCUT2D eigenvalue weighted by Crippen LogP contribution is 2.61. The number of unbranched alkanes of at least 4 members (excludes halogenated alkanes) is 5. The van der Waals surface area contributed by atoms with Crippen LogP contribution in [0.4, 0.5) is 0 Å². The zero-order valence-electron chi connectivity index (χ0n) is 24.6. The van der Waals surface area contributed by atoms with E-state index in [1.54, 1.807) is 16.8 Å². The van der Waals surface area contributed by atoms with Gasteiger partial charge in [-0.25, -0.2) is 4.68 Å². The van der Waals surface area contributed by atoms with Gasteiger partial charge in [0.25, 0.3) is 5.91 Å². The van der Waals surface area contributed by atoms with Crippen molar-refractivity contribution in [2.45, 2.75) is 90.4 Å². The van der Waals surface area contributed by atoms with Crippen LogP contribution >= 0.6 is 34.8 Å². The summed E-state index contributed by atoms with van der Waals surface area (Å²) in [5.41, 5.74) is 4.27. The average molecular weight is 627 g/mol. The summed E-state index contributed by atoms with van der Waals surface area (Å²) in [5, 5.41) is 9.48. The number of rotatable bonds is 12. The lowest BCUT2D eigenvalue weighted by Gasteiger charge is -2.57. The van der Waals surface area contributed by atoms with E-state index in [1.807, 2.05) is 37.3 Å². The Morgan fingerprint density at radius 1 is 0.857 bits per heavy atom. The second-order valence-corrected chi connectivity index (χ2v) is 14.7. The summed E-state index contributed by atoms with van der Waals surface area (Å²) in [6, 6.07) is 12.8. The van der Waals surface area contributed by atoms with Crippen molar-refractivity contribution in [1.82, 2.24) is 15.1 Å². The van der Waals surface area contributed by atoms with Gasteiger partial charge in [-0.3, -0.25) is 4.79 Å². The molecule has 0 unspecified atom stereocenters. The molecule has 0 saturated heterocycles. The van der Waals surface area contributed by atoms with Gasteiger partial charge in [-0.2, -0.15) is 5.10 Å². The van der Waals surface area contributed by atoms with Crippen molar-refractivity contribution >= 4 is 40.7 Å². The van der Waals surface area contributed by atoms with Crippen molar-refractivity contribution in [3.8, 4) is 16.9 Å². The lowest BCUT2D eigenvalue weighted by molar-refractivity contribution is -0.0583. The Balaban J connectivity index is 0.991. The molecular weight excluding hydrogens is 585 g/mol. The lowest BCUT2D eigenvalue weighted by atomic mass is 9.48. The Morgan fingerprint density at radius 2 is 1.45 bits per heavy atom. The molecule has 42 heavy (non-hydrogen) atoms. The van der Waals surface area contributed by atoms with Crippen LogP contribution in [0.5, 0.6) is 0 Å². The molecule has 1 aromatic heterocycles. The number of amides is 1. The van der Waals surface area contributed by atoms with E-state index in [0.29, 0.717) is 33.0 Å². The maximum absolute atomic E-state index is 13.3. The van der Waals surface area contributed by atoms with Crippen LogP contribution in [0.1, 0.15) is 99.5 Å². The van der Waals surface area contributed by atoms with Crippen molar-refractivity contribution in [2.24, 2.45) is 23.2 Å². The lowest BCUT2D eigenvalue weighted by Crippen LogP contribution is -2.45. The molecule has 0 radical (unpaired) electrons. The van der Waals surface area contributed by atoms with Crippen LogP contribution < -0.4 is 5.32 Å². The SMILES string of the molecule is Cc1c(C(=O)NCCCCCCCCC23CC4CC(CC(C4)C2)C3)nn(-c2ccc(Cl)cc2Cl)c1-c1ccc(Cl)cc1. The third-order valence-corrected chi connectivity index (χ3v) is 11.0. The largest absolute Gasteiger partial charge is 0.351 e. The third-order valence-electron chi connectivity index (χ3n) is 10.2. The number of halogens is 3. The maximum Gasteiger partial charge on any atom is 0.272 e. The Bertz CT molecular complexity index is 1380. The molecule has 4 saturated carbocycles. The Hall–Kier alpha value is -2.01. The first-order valence-corrected chi connectivity index (χ1v) is 17.0. The minimum Gasteiger partial charge on any atom is -0.351 e. The average Bonchev–Trinajstić information content (AvgIpc) is 3.28. The molecular formula is C35H42Cl3N3O. The number of hydrogen-bond donors (Lipinski definition) is 1. The van der Waals surface area contributed by atoms with Gasteiger partial charge >= 0.3 is 0 Å². The molecule has 1 amide bonds. The van der Waals surface area contributed by atoms with E-state index >= 15 is 0 Å².